The van der Waals surface area contributed by atoms with E-state index in [1.54, 1.807) is 4.90 Å². The van der Waals surface area contributed by atoms with E-state index in [4.69, 9.17) is 16.6 Å². The van der Waals surface area contributed by atoms with E-state index in [1.807, 2.05) is 49.4 Å². The summed E-state index contributed by atoms with van der Waals surface area (Å²) in [6.45, 7) is 2.73. The van der Waals surface area contributed by atoms with E-state index < -0.39 is 15.8 Å². The van der Waals surface area contributed by atoms with Gasteiger partial charge in [0.25, 0.3) is 0 Å². The van der Waals surface area contributed by atoms with E-state index in [9.17, 15) is 17.6 Å². The van der Waals surface area contributed by atoms with Crippen LogP contribution in [0.25, 0.3) is 10.2 Å². The summed E-state index contributed by atoms with van der Waals surface area (Å²) < 4.78 is 41.5. The summed E-state index contributed by atoms with van der Waals surface area (Å²) in [6, 6.07) is 18.3. The minimum atomic E-state index is -3.76. The molecule has 10 heteroatoms. The Morgan fingerprint density at radius 2 is 1.76 bits per heavy atom. The lowest BCUT2D eigenvalue weighted by atomic mass is 9.96. The number of nitrogens with zero attached hydrogens (tertiary/aromatic N) is 3. The molecular weight excluding hydrogens is 533 g/mol. The van der Waals surface area contributed by atoms with Gasteiger partial charge in [-0.3, -0.25) is 9.69 Å². The molecule has 2 heterocycles. The second-order valence-electron chi connectivity index (χ2n) is 9.08. The Hall–Kier alpha value is -2.85. The van der Waals surface area contributed by atoms with Crippen LogP contribution in [0.5, 0.6) is 0 Å². The molecule has 1 aliphatic rings. The summed E-state index contributed by atoms with van der Waals surface area (Å²) in [6.07, 6.45) is 0.768. The van der Waals surface area contributed by atoms with Gasteiger partial charge in [-0.25, -0.2) is 17.8 Å². The van der Waals surface area contributed by atoms with E-state index in [2.05, 4.69) is 0 Å². The Kier molecular flexibility index (Phi) is 7.31. The Balaban J connectivity index is 1.39. The highest BCUT2D eigenvalue weighted by molar-refractivity contribution is 7.89. The number of fused-ring (bicyclic) bond motifs is 1. The number of rotatable bonds is 6. The average molecular weight is 558 g/mol. The van der Waals surface area contributed by atoms with Gasteiger partial charge in [0.05, 0.1) is 26.7 Å². The average Bonchev–Trinajstić information content (AvgIpc) is 3.37. The number of hydrogen-bond donors (Lipinski definition) is 0. The first kappa shape index (κ1) is 25.8. The molecule has 0 unspecified atom stereocenters. The van der Waals surface area contributed by atoms with Crippen molar-refractivity contribution in [1.29, 1.82) is 0 Å². The third kappa shape index (κ3) is 5.27. The third-order valence-electron chi connectivity index (χ3n) is 6.62. The van der Waals surface area contributed by atoms with Gasteiger partial charge in [0, 0.05) is 19.0 Å². The maximum atomic E-state index is 13.9. The number of anilines is 1. The zero-order chi connectivity index (χ0) is 26.2. The van der Waals surface area contributed by atoms with Crippen LogP contribution in [0.2, 0.25) is 5.02 Å². The number of halogens is 2. The number of hydrogen-bond acceptors (Lipinski definition) is 5. The van der Waals surface area contributed by atoms with Gasteiger partial charge in [-0.1, -0.05) is 59.3 Å². The van der Waals surface area contributed by atoms with Crippen LogP contribution in [-0.4, -0.2) is 36.7 Å². The van der Waals surface area contributed by atoms with Crippen LogP contribution < -0.4 is 4.90 Å². The van der Waals surface area contributed by atoms with Crippen LogP contribution in [0, 0.1) is 18.7 Å². The molecule has 1 amide bonds. The zero-order valence-corrected chi connectivity index (χ0v) is 22.5. The van der Waals surface area contributed by atoms with Crippen LogP contribution in [0.4, 0.5) is 9.52 Å². The van der Waals surface area contributed by atoms with Crippen molar-refractivity contribution in [3.05, 3.63) is 88.7 Å². The van der Waals surface area contributed by atoms with Crippen LogP contribution in [0.3, 0.4) is 0 Å². The predicted octanol–water partition coefficient (Wildman–Crippen LogP) is 6.03. The van der Waals surface area contributed by atoms with Gasteiger partial charge in [-0.15, -0.1) is 0 Å². The smallest absolute Gasteiger partial charge is 0.243 e. The second-order valence-corrected chi connectivity index (χ2v) is 12.4. The molecule has 0 radical (unpaired) electrons. The molecule has 4 aromatic rings. The molecule has 0 bridgehead atoms. The Bertz CT molecular complexity index is 1500. The van der Waals surface area contributed by atoms with E-state index in [1.165, 1.54) is 27.8 Å². The minimum absolute atomic E-state index is 0.0473. The summed E-state index contributed by atoms with van der Waals surface area (Å²) in [4.78, 5) is 20.4. The predicted molar refractivity (Wildman–Crippen MR) is 145 cm³/mol. The fourth-order valence-electron chi connectivity index (χ4n) is 4.53. The van der Waals surface area contributed by atoms with Gasteiger partial charge in [0.2, 0.25) is 15.9 Å². The van der Waals surface area contributed by atoms with Crippen LogP contribution >= 0.6 is 22.9 Å². The van der Waals surface area contributed by atoms with Crippen LogP contribution in [0.1, 0.15) is 24.0 Å². The largest absolute Gasteiger partial charge is 0.283 e. The number of aryl methyl sites for hydroxylation is 1. The molecule has 1 aliphatic heterocycles. The Labute approximate surface area is 224 Å². The van der Waals surface area contributed by atoms with E-state index in [0.717, 1.165) is 33.5 Å². The van der Waals surface area contributed by atoms with E-state index >= 15 is 0 Å². The van der Waals surface area contributed by atoms with Crippen molar-refractivity contribution in [2.75, 3.05) is 18.0 Å². The normalized spacial score (nSPS) is 15.2. The molecule has 3 aromatic carbocycles. The summed E-state index contributed by atoms with van der Waals surface area (Å²) in [5.41, 5.74) is 2.72. The Morgan fingerprint density at radius 1 is 1.08 bits per heavy atom. The lowest BCUT2D eigenvalue weighted by Gasteiger charge is -2.33. The second kappa shape index (κ2) is 10.5. The van der Waals surface area contributed by atoms with Crippen molar-refractivity contribution in [2.45, 2.75) is 31.2 Å². The minimum Gasteiger partial charge on any atom is -0.283 e. The van der Waals surface area contributed by atoms with Crippen molar-refractivity contribution in [2.24, 2.45) is 5.92 Å². The fourth-order valence-corrected chi connectivity index (χ4v) is 7.32. The number of amides is 1. The van der Waals surface area contributed by atoms with Crippen LogP contribution in [-0.2, 0) is 21.4 Å². The molecule has 0 saturated carbocycles. The van der Waals surface area contributed by atoms with Gasteiger partial charge in [0.1, 0.15) is 5.82 Å². The van der Waals surface area contributed by atoms with Crippen molar-refractivity contribution < 1.29 is 17.6 Å². The molecule has 1 fully saturated rings. The van der Waals surface area contributed by atoms with Gasteiger partial charge < -0.3 is 0 Å². The molecular formula is C27H25ClFN3O3S2. The topological polar surface area (TPSA) is 70.6 Å². The monoisotopic (exact) mass is 557 g/mol. The van der Waals surface area contributed by atoms with Crippen molar-refractivity contribution in [1.82, 2.24) is 9.29 Å². The van der Waals surface area contributed by atoms with Crippen molar-refractivity contribution in [3.8, 4) is 0 Å². The molecule has 1 aromatic heterocycles. The summed E-state index contributed by atoms with van der Waals surface area (Å²) in [7, 11) is -3.76. The Morgan fingerprint density at radius 3 is 2.41 bits per heavy atom. The number of benzene rings is 3. The summed E-state index contributed by atoms with van der Waals surface area (Å²) in [5, 5.41) is 1.16. The number of carbonyl (C=O) groups is 1. The molecule has 1 saturated heterocycles. The molecule has 192 valence electrons. The SMILES string of the molecule is Cc1ccc(Cl)c2sc(N(Cc3ccccc3)C(=O)C3CCN(S(=O)(=O)c4ccc(F)cc4)CC3)nc12. The summed E-state index contributed by atoms with van der Waals surface area (Å²) in [5.74, 6) is -0.935. The standard InChI is InChI=1S/C27H25ClFN3O3S2/c1-18-7-12-23(28)25-24(18)30-27(36-25)32(17-19-5-3-2-4-6-19)26(33)20-13-15-31(16-14-20)37(34,35)22-10-8-21(29)9-11-22/h2-12,20H,13-17H2,1H3. The van der Waals surface area contributed by atoms with Gasteiger partial charge in [-0.2, -0.15) is 4.31 Å². The molecule has 0 atom stereocenters. The maximum absolute atomic E-state index is 13.9. The number of piperidine rings is 1. The highest BCUT2D eigenvalue weighted by Crippen LogP contribution is 2.37. The van der Waals surface area contributed by atoms with E-state index in [-0.39, 0.29) is 29.8 Å². The first-order valence-electron chi connectivity index (χ1n) is 11.9. The van der Waals surface area contributed by atoms with Gasteiger partial charge in [0.15, 0.2) is 5.13 Å². The highest BCUT2D eigenvalue weighted by atomic mass is 35.5. The fraction of sp³-hybridized carbons (Fsp3) is 0.259. The first-order valence-corrected chi connectivity index (χ1v) is 14.5. The first-order chi connectivity index (χ1) is 17.7. The molecule has 6 nitrogen and oxygen atoms in total. The molecule has 5 rings (SSSR count). The molecule has 0 spiro atoms. The molecule has 0 aliphatic carbocycles. The number of thiazole rings is 1. The number of sulfonamides is 1. The number of carbonyl (C=O) groups excluding carboxylic acids is 1. The van der Waals surface area contributed by atoms with Gasteiger partial charge in [-0.05, 0) is 61.2 Å². The quantitative estimate of drug-likeness (QED) is 0.290. The lowest BCUT2D eigenvalue weighted by molar-refractivity contribution is -0.123. The van der Waals surface area contributed by atoms with E-state index in [0.29, 0.717) is 29.5 Å². The lowest BCUT2D eigenvalue weighted by Crippen LogP contribution is -2.44. The third-order valence-corrected chi connectivity index (χ3v) is 10.1. The van der Waals surface area contributed by atoms with Crippen LogP contribution in [0.15, 0.2) is 71.6 Å². The van der Waals surface area contributed by atoms with Crippen molar-refractivity contribution >= 4 is 54.2 Å². The zero-order valence-electron chi connectivity index (χ0n) is 20.1. The summed E-state index contributed by atoms with van der Waals surface area (Å²) >= 11 is 7.82. The molecule has 37 heavy (non-hydrogen) atoms. The highest BCUT2D eigenvalue weighted by Gasteiger charge is 2.35. The van der Waals surface area contributed by atoms with Crippen molar-refractivity contribution in [3.63, 3.8) is 0 Å². The van der Waals surface area contributed by atoms with Gasteiger partial charge >= 0.3 is 0 Å². The number of aromatic nitrogens is 1. The maximum Gasteiger partial charge on any atom is 0.243 e. The molecule has 0 N–H and O–H groups in total.